The lowest BCUT2D eigenvalue weighted by atomic mass is 9.88. The van der Waals surface area contributed by atoms with Gasteiger partial charge in [0, 0.05) is 39.3 Å². The Morgan fingerprint density at radius 3 is 2.84 bits per heavy atom. The maximum Gasteiger partial charge on any atom is 0.0697 e. The van der Waals surface area contributed by atoms with Crippen LogP contribution in [0.25, 0.3) is 0 Å². The van der Waals surface area contributed by atoms with Crippen molar-refractivity contribution < 1.29 is 9.47 Å². The molecular weight excluding hydrogens is 240 g/mol. The van der Waals surface area contributed by atoms with Gasteiger partial charge in [0.15, 0.2) is 0 Å². The van der Waals surface area contributed by atoms with Gasteiger partial charge in [-0.05, 0) is 25.7 Å². The van der Waals surface area contributed by atoms with E-state index in [1.807, 2.05) is 0 Å². The zero-order valence-electron chi connectivity index (χ0n) is 12.1. The van der Waals surface area contributed by atoms with Crippen molar-refractivity contribution in [3.05, 3.63) is 0 Å². The number of hydrogen-bond donors (Lipinski definition) is 0. The fourth-order valence-electron chi connectivity index (χ4n) is 3.56. The van der Waals surface area contributed by atoms with Crippen molar-refractivity contribution in [3.63, 3.8) is 0 Å². The van der Waals surface area contributed by atoms with Crippen LogP contribution in [-0.2, 0) is 9.47 Å². The Hall–Kier alpha value is -0.630. The first-order valence-electron chi connectivity index (χ1n) is 7.53. The Labute approximate surface area is 116 Å². The van der Waals surface area contributed by atoms with Crippen LogP contribution in [0.5, 0.6) is 0 Å². The minimum absolute atomic E-state index is 0.154. The highest BCUT2D eigenvalue weighted by molar-refractivity contribution is 4.94. The van der Waals surface area contributed by atoms with Crippen LogP contribution in [0, 0.1) is 11.3 Å². The summed E-state index contributed by atoms with van der Waals surface area (Å²) in [5, 5.41) is 8.81. The molecule has 0 amide bonds. The van der Waals surface area contributed by atoms with Crippen molar-refractivity contribution in [1.29, 1.82) is 5.26 Å². The van der Waals surface area contributed by atoms with Crippen molar-refractivity contribution in [3.8, 4) is 6.07 Å². The summed E-state index contributed by atoms with van der Waals surface area (Å²) < 4.78 is 11.3. The van der Waals surface area contributed by atoms with Crippen LogP contribution in [-0.4, -0.2) is 50.0 Å². The summed E-state index contributed by atoms with van der Waals surface area (Å²) in [6.07, 6.45) is 7.90. The predicted octanol–water partition coefficient (Wildman–Crippen LogP) is 2.34. The molecule has 4 heteroatoms. The maximum atomic E-state index is 8.81. The molecule has 0 radical (unpaired) electrons. The molecule has 1 heterocycles. The lowest BCUT2D eigenvalue weighted by Gasteiger charge is -2.43. The van der Waals surface area contributed by atoms with Crippen LogP contribution in [0.3, 0.4) is 0 Å². The van der Waals surface area contributed by atoms with E-state index in [1.54, 1.807) is 7.11 Å². The molecule has 1 spiro atoms. The number of nitrogens with zero attached hydrogens (tertiary/aromatic N) is 2. The van der Waals surface area contributed by atoms with Crippen LogP contribution in [0.1, 0.15) is 44.9 Å². The van der Waals surface area contributed by atoms with Gasteiger partial charge in [0.25, 0.3) is 0 Å². The topological polar surface area (TPSA) is 45.5 Å². The van der Waals surface area contributed by atoms with E-state index in [1.165, 1.54) is 25.7 Å². The fourth-order valence-corrected chi connectivity index (χ4v) is 3.56. The number of rotatable bonds is 6. The molecule has 0 aromatic rings. The van der Waals surface area contributed by atoms with Crippen LogP contribution in [0.15, 0.2) is 0 Å². The van der Waals surface area contributed by atoms with Crippen LogP contribution in [0.4, 0.5) is 0 Å². The zero-order valence-corrected chi connectivity index (χ0v) is 12.1. The smallest absolute Gasteiger partial charge is 0.0697 e. The molecule has 4 nitrogen and oxygen atoms in total. The van der Waals surface area contributed by atoms with Gasteiger partial charge in [0.1, 0.15) is 0 Å². The fraction of sp³-hybridized carbons (Fsp3) is 0.933. The molecule has 2 rings (SSSR count). The Morgan fingerprint density at radius 1 is 1.37 bits per heavy atom. The number of ether oxygens (including phenoxy) is 2. The molecule has 0 bridgehead atoms. The molecular formula is C15H26N2O2. The second-order valence-electron chi connectivity index (χ2n) is 5.82. The van der Waals surface area contributed by atoms with E-state index in [4.69, 9.17) is 14.7 Å². The van der Waals surface area contributed by atoms with E-state index in [-0.39, 0.29) is 5.60 Å². The van der Waals surface area contributed by atoms with Crippen molar-refractivity contribution in [2.45, 2.75) is 56.6 Å². The van der Waals surface area contributed by atoms with E-state index in [0.717, 1.165) is 39.1 Å². The third-order valence-corrected chi connectivity index (χ3v) is 4.59. The molecule has 1 aliphatic carbocycles. The minimum atomic E-state index is 0.154. The van der Waals surface area contributed by atoms with Gasteiger partial charge in [-0.3, -0.25) is 4.90 Å². The minimum Gasteiger partial charge on any atom is -0.383 e. The molecule has 2 aliphatic rings. The summed E-state index contributed by atoms with van der Waals surface area (Å²) >= 11 is 0. The summed E-state index contributed by atoms with van der Waals surface area (Å²) in [6.45, 7) is 3.41. The highest BCUT2D eigenvalue weighted by atomic mass is 16.5. The van der Waals surface area contributed by atoms with Crippen LogP contribution < -0.4 is 0 Å². The summed E-state index contributed by atoms with van der Waals surface area (Å²) in [5.74, 6) is 0. The SMILES string of the molecule is COCCN(CCC#N)C1CCOC2(CCCC2)C1. The average Bonchev–Trinajstić information content (AvgIpc) is 2.87. The molecule has 1 unspecified atom stereocenters. The van der Waals surface area contributed by atoms with Crippen molar-refractivity contribution in [2.24, 2.45) is 0 Å². The van der Waals surface area contributed by atoms with E-state index >= 15 is 0 Å². The van der Waals surface area contributed by atoms with Gasteiger partial charge in [0.2, 0.25) is 0 Å². The van der Waals surface area contributed by atoms with E-state index in [2.05, 4.69) is 11.0 Å². The molecule has 108 valence electrons. The molecule has 1 saturated heterocycles. The predicted molar refractivity (Wildman–Crippen MR) is 73.9 cm³/mol. The van der Waals surface area contributed by atoms with E-state index in [0.29, 0.717) is 12.5 Å². The van der Waals surface area contributed by atoms with Gasteiger partial charge in [-0.2, -0.15) is 5.26 Å². The lowest BCUT2D eigenvalue weighted by Crippen LogP contribution is -2.48. The Balaban J connectivity index is 1.93. The van der Waals surface area contributed by atoms with Gasteiger partial charge in [-0.15, -0.1) is 0 Å². The molecule has 0 aromatic heterocycles. The first-order chi connectivity index (χ1) is 9.29. The molecule has 0 N–H and O–H groups in total. The monoisotopic (exact) mass is 266 g/mol. The molecule has 1 atom stereocenters. The van der Waals surface area contributed by atoms with Crippen molar-refractivity contribution in [1.82, 2.24) is 4.90 Å². The van der Waals surface area contributed by atoms with Crippen LogP contribution >= 0.6 is 0 Å². The summed E-state index contributed by atoms with van der Waals surface area (Å²) in [5.41, 5.74) is 0.154. The van der Waals surface area contributed by atoms with Crippen LogP contribution in [0.2, 0.25) is 0 Å². The Kier molecular flexibility index (Phi) is 5.62. The van der Waals surface area contributed by atoms with Crippen molar-refractivity contribution in [2.75, 3.05) is 33.4 Å². The highest BCUT2D eigenvalue weighted by Gasteiger charge is 2.41. The summed E-state index contributed by atoms with van der Waals surface area (Å²) in [6, 6.07) is 2.83. The zero-order chi connectivity index (χ0) is 13.6. The summed E-state index contributed by atoms with van der Waals surface area (Å²) in [7, 11) is 1.74. The molecule has 0 aromatic carbocycles. The van der Waals surface area contributed by atoms with Gasteiger partial charge in [-0.25, -0.2) is 0 Å². The quantitative estimate of drug-likeness (QED) is 0.740. The molecule has 19 heavy (non-hydrogen) atoms. The lowest BCUT2D eigenvalue weighted by molar-refractivity contribution is -0.103. The number of methoxy groups -OCH3 is 1. The molecule has 1 aliphatic heterocycles. The standard InChI is InChI=1S/C15H26N2O2/c1-18-12-10-17(9-4-8-16)14-5-11-19-15(13-14)6-2-3-7-15/h14H,2-7,9-13H2,1H3. The maximum absolute atomic E-state index is 8.81. The van der Waals surface area contributed by atoms with E-state index in [9.17, 15) is 0 Å². The summed E-state index contributed by atoms with van der Waals surface area (Å²) in [4.78, 5) is 2.44. The van der Waals surface area contributed by atoms with Gasteiger partial charge >= 0.3 is 0 Å². The van der Waals surface area contributed by atoms with Crippen molar-refractivity contribution >= 4 is 0 Å². The largest absolute Gasteiger partial charge is 0.383 e. The van der Waals surface area contributed by atoms with E-state index < -0.39 is 0 Å². The second kappa shape index (κ2) is 7.23. The average molecular weight is 266 g/mol. The molecule has 2 fully saturated rings. The Bertz CT molecular complexity index is 308. The highest BCUT2D eigenvalue weighted by Crippen LogP contribution is 2.41. The number of nitriles is 1. The molecule has 1 saturated carbocycles. The third kappa shape index (κ3) is 3.92. The van der Waals surface area contributed by atoms with Gasteiger partial charge in [0.05, 0.1) is 18.3 Å². The number of hydrogen-bond acceptors (Lipinski definition) is 4. The van der Waals surface area contributed by atoms with Gasteiger partial charge < -0.3 is 9.47 Å². The first-order valence-corrected chi connectivity index (χ1v) is 7.53. The first kappa shape index (κ1) is 14.8. The third-order valence-electron chi connectivity index (χ3n) is 4.59. The van der Waals surface area contributed by atoms with Gasteiger partial charge in [-0.1, -0.05) is 12.8 Å². The normalized spacial score (nSPS) is 25.8. The Morgan fingerprint density at radius 2 is 2.16 bits per heavy atom. The second-order valence-corrected chi connectivity index (χ2v) is 5.82.